The number of hydrogen-bond acceptors (Lipinski definition) is 2. The molecule has 1 atom stereocenters. The van der Waals surface area contributed by atoms with Crippen molar-refractivity contribution >= 4 is 27.9 Å². The Morgan fingerprint density at radius 3 is 2.14 bits per heavy atom. The summed E-state index contributed by atoms with van der Waals surface area (Å²) in [5.74, 6) is -3.41. The van der Waals surface area contributed by atoms with E-state index in [2.05, 4.69) is 15.9 Å². The lowest BCUT2D eigenvalue weighted by Crippen LogP contribution is -2.31. The number of benzene rings is 1. The van der Waals surface area contributed by atoms with Crippen LogP contribution in [0.25, 0.3) is 0 Å². The van der Waals surface area contributed by atoms with E-state index in [4.69, 9.17) is 10.2 Å². The summed E-state index contributed by atoms with van der Waals surface area (Å²) < 4.78 is 14.3. The maximum Gasteiger partial charge on any atom is 0.331 e. The predicted molar refractivity (Wildman–Crippen MR) is 79.4 cm³/mol. The highest BCUT2D eigenvalue weighted by Gasteiger charge is 2.41. The van der Waals surface area contributed by atoms with Gasteiger partial charge in [0.05, 0.1) is 0 Å². The van der Waals surface area contributed by atoms with Gasteiger partial charge in [0.15, 0.2) is 0 Å². The second kappa shape index (κ2) is 7.17. The highest BCUT2D eigenvalue weighted by molar-refractivity contribution is 9.10. The van der Waals surface area contributed by atoms with E-state index >= 15 is 0 Å². The van der Waals surface area contributed by atoms with Gasteiger partial charge in [-0.15, -0.1) is 0 Å². The van der Waals surface area contributed by atoms with Gasteiger partial charge < -0.3 is 10.2 Å². The van der Waals surface area contributed by atoms with Gasteiger partial charge in [0.1, 0.15) is 11.2 Å². The third kappa shape index (κ3) is 4.53. The molecule has 6 heteroatoms. The average Bonchev–Trinajstić information content (AvgIpc) is 2.43. The molecule has 1 aliphatic rings. The molecule has 0 fully saturated rings. The largest absolute Gasteiger partial charge is 0.481 e. The van der Waals surface area contributed by atoms with Crippen molar-refractivity contribution in [2.75, 3.05) is 0 Å². The minimum absolute atomic E-state index is 0.101. The molecule has 0 heterocycles. The lowest BCUT2D eigenvalue weighted by atomic mass is 9.79. The van der Waals surface area contributed by atoms with Gasteiger partial charge in [-0.25, -0.2) is 9.18 Å². The van der Waals surface area contributed by atoms with Crippen molar-refractivity contribution in [2.45, 2.75) is 13.3 Å². The van der Waals surface area contributed by atoms with Crippen LogP contribution in [0.4, 0.5) is 4.39 Å². The molecule has 1 aliphatic carbocycles. The van der Waals surface area contributed by atoms with Crippen molar-refractivity contribution in [2.24, 2.45) is 5.41 Å². The summed E-state index contributed by atoms with van der Waals surface area (Å²) >= 11 is 3.31. The highest BCUT2D eigenvalue weighted by atomic mass is 79.9. The van der Waals surface area contributed by atoms with Crippen LogP contribution >= 0.6 is 15.9 Å². The fraction of sp³-hybridized carbons (Fsp3) is 0.200. The monoisotopic (exact) mass is 356 g/mol. The first kappa shape index (κ1) is 17.1. The van der Waals surface area contributed by atoms with Gasteiger partial charge in [0.2, 0.25) is 0 Å². The topological polar surface area (TPSA) is 74.6 Å². The molecule has 0 radical (unpaired) electrons. The summed E-state index contributed by atoms with van der Waals surface area (Å²) in [4.78, 5) is 21.3. The summed E-state index contributed by atoms with van der Waals surface area (Å²) in [5, 5.41) is 17.4. The molecule has 21 heavy (non-hydrogen) atoms. The molecule has 0 saturated carbocycles. The molecular weight excluding hydrogens is 343 g/mol. The van der Waals surface area contributed by atoms with Gasteiger partial charge in [-0.1, -0.05) is 34.1 Å². The van der Waals surface area contributed by atoms with Crippen LogP contribution in [0.1, 0.15) is 13.3 Å². The molecule has 0 spiro atoms. The maximum atomic E-state index is 13.2. The van der Waals surface area contributed by atoms with Gasteiger partial charge in [-0.05, 0) is 31.2 Å². The van der Waals surface area contributed by atoms with Crippen LogP contribution in [-0.2, 0) is 9.59 Å². The first-order valence-corrected chi connectivity index (χ1v) is 6.80. The van der Waals surface area contributed by atoms with Crippen LogP contribution in [0.5, 0.6) is 0 Å². The summed E-state index contributed by atoms with van der Waals surface area (Å²) in [6.45, 7) is 1.16. The molecule has 2 N–H and O–H groups in total. The summed E-state index contributed by atoms with van der Waals surface area (Å²) in [6.07, 6.45) is 1.64. The SMILES string of the molecule is Brc1ccccc1.CC1(C(=O)O)CC(C(=O)O)=CC=C1F. The van der Waals surface area contributed by atoms with Gasteiger partial charge >= 0.3 is 11.9 Å². The number of carbonyl (C=O) groups is 2. The molecule has 1 aromatic rings. The lowest BCUT2D eigenvalue weighted by molar-refractivity contribution is -0.146. The van der Waals surface area contributed by atoms with Crippen molar-refractivity contribution in [3.05, 3.63) is 58.4 Å². The molecule has 0 bridgehead atoms. The Hall–Kier alpha value is -1.95. The number of carboxylic acid groups (broad SMARTS) is 2. The zero-order chi connectivity index (χ0) is 16.0. The first-order valence-electron chi connectivity index (χ1n) is 6.01. The van der Waals surface area contributed by atoms with Gasteiger partial charge in [-0.3, -0.25) is 4.79 Å². The van der Waals surface area contributed by atoms with E-state index < -0.39 is 23.2 Å². The Balaban J connectivity index is 0.000000262. The standard InChI is InChI=1S/C9H9FO4.C6H5Br/c1-9(8(13)14)4-5(7(11)12)2-3-6(9)10;7-6-4-2-1-3-5-6/h2-3H,4H2,1H3,(H,11,12)(H,13,14);1-5H. The number of rotatable bonds is 2. The van der Waals surface area contributed by atoms with Crippen LogP contribution in [0, 0.1) is 5.41 Å². The van der Waals surface area contributed by atoms with Crippen LogP contribution in [0.15, 0.2) is 58.4 Å². The molecule has 112 valence electrons. The molecule has 0 aromatic heterocycles. The minimum Gasteiger partial charge on any atom is -0.481 e. The van der Waals surface area contributed by atoms with Crippen molar-refractivity contribution in [1.29, 1.82) is 0 Å². The fourth-order valence-electron chi connectivity index (χ4n) is 1.62. The highest BCUT2D eigenvalue weighted by Crippen LogP contribution is 2.38. The Morgan fingerprint density at radius 2 is 1.76 bits per heavy atom. The summed E-state index contributed by atoms with van der Waals surface area (Å²) in [5.41, 5.74) is -1.85. The quantitative estimate of drug-likeness (QED) is 0.845. The van der Waals surface area contributed by atoms with Crippen LogP contribution in [0.2, 0.25) is 0 Å². The Kier molecular flexibility index (Phi) is 5.84. The third-order valence-corrected chi connectivity index (χ3v) is 3.51. The summed E-state index contributed by atoms with van der Waals surface area (Å²) in [7, 11) is 0. The second-order valence-electron chi connectivity index (χ2n) is 4.62. The Bertz CT molecular complexity index is 595. The first-order chi connectivity index (χ1) is 9.77. The van der Waals surface area contributed by atoms with Crippen LogP contribution in [-0.4, -0.2) is 22.2 Å². The lowest BCUT2D eigenvalue weighted by Gasteiger charge is -2.25. The molecule has 0 saturated heterocycles. The molecule has 0 aliphatic heterocycles. The van der Waals surface area contributed by atoms with E-state index in [9.17, 15) is 14.0 Å². The number of halogens is 2. The summed E-state index contributed by atoms with van der Waals surface area (Å²) in [6, 6.07) is 9.97. The van der Waals surface area contributed by atoms with E-state index in [1.807, 2.05) is 30.3 Å². The predicted octanol–water partition coefficient (Wildman–Crippen LogP) is 3.79. The zero-order valence-electron chi connectivity index (χ0n) is 11.2. The van der Waals surface area contributed by atoms with Crippen LogP contribution < -0.4 is 0 Å². The Labute approximate surface area is 129 Å². The number of allylic oxidation sites excluding steroid dienone is 2. The smallest absolute Gasteiger partial charge is 0.331 e. The van der Waals surface area contributed by atoms with E-state index in [0.29, 0.717) is 0 Å². The maximum absolute atomic E-state index is 13.2. The number of hydrogen-bond donors (Lipinski definition) is 2. The molecule has 4 nitrogen and oxygen atoms in total. The molecule has 1 unspecified atom stereocenters. The van der Waals surface area contributed by atoms with E-state index in [0.717, 1.165) is 23.5 Å². The van der Waals surface area contributed by atoms with E-state index in [1.165, 1.54) is 0 Å². The minimum atomic E-state index is -1.75. The van der Waals surface area contributed by atoms with Crippen molar-refractivity contribution < 1.29 is 24.2 Å². The molecular formula is C15H14BrFO4. The van der Waals surface area contributed by atoms with Gasteiger partial charge in [-0.2, -0.15) is 0 Å². The third-order valence-electron chi connectivity index (χ3n) is 2.98. The molecule has 1 aromatic carbocycles. The number of aliphatic carboxylic acids is 2. The molecule has 2 rings (SSSR count). The molecule has 0 amide bonds. The van der Waals surface area contributed by atoms with Crippen molar-refractivity contribution in [3.63, 3.8) is 0 Å². The fourth-order valence-corrected chi connectivity index (χ4v) is 1.93. The van der Waals surface area contributed by atoms with E-state index in [1.54, 1.807) is 0 Å². The van der Waals surface area contributed by atoms with Crippen molar-refractivity contribution in [1.82, 2.24) is 0 Å². The normalized spacial score (nSPS) is 20.5. The number of carboxylic acids is 2. The van der Waals surface area contributed by atoms with Crippen LogP contribution in [0.3, 0.4) is 0 Å². The van der Waals surface area contributed by atoms with Crippen molar-refractivity contribution in [3.8, 4) is 0 Å². The van der Waals surface area contributed by atoms with Gasteiger partial charge in [0.25, 0.3) is 0 Å². The zero-order valence-corrected chi connectivity index (χ0v) is 12.8. The second-order valence-corrected chi connectivity index (χ2v) is 5.54. The average molecular weight is 357 g/mol. The Morgan fingerprint density at radius 1 is 1.19 bits per heavy atom. The van der Waals surface area contributed by atoms with E-state index in [-0.39, 0.29) is 12.0 Å². The van der Waals surface area contributed by atoms with Gasteiger partial charge in [0, 0.05) is 16.5 Å².